The van der Waals surface area contributed by atoms with E-state index in [0.717, 1.165) is 0 Å². The Kier molecular flexibility index (Phi) is 3.65. The van der Waals surface area contributed by atoms with Crippen LogP contribution < -0.4 is 0 Å². The predicted molar refractivity (Wildman–Crippen MR) is 27.8 cm³/mol. The summed E-state index contributed by atoms with van der Waals surface area (Å²) in [6, 6.07) is 0. The van der Waals surface area contributed by atoms with Crippen LogP contribution in [-0.4, -0.2) is 18.0 Å². The van der Waals surface area contributed by atoms with Crippen LogP contribution in [0.2, 0.25) is 0 Å². The van der Waals surface area contributed by atoms with Gasteiger partial charge in [0, 0.05) is 0 Å². The SMILES string of the molecule is C=CC(C)OCO. The molecule has 1 atom stereocenters. The maximum Gasteiger partial charge on any atom is 0.144 e. The van der Waals surface area contributed by atoms with E-state index in [1.807, 2.05) is 6.92 Å². The minimum absolute atomic E-state index is 0.0370. The fourth-order valence-corrected chi connectivity index (χ4v) is 0.186. The van der Waals surface area contributed by atoms with Gasteiger partial charge in [-0.05, 0) is 6.92 Å². The summed E-state index contributed by atoms with van der Waals surface area (Å²) in [5.74, 6) is 0. The molecule has 0 bridgehead atoms. The van der Waals surface area contributed by atoms with E-state index in [2.05, 4.69) is 11.3 Å². The molecule has 0 aliphatic rings. The van der Waals surface area contributed by atoms with Gasteiger partial charge in [0.15, 0.2) is 0 Å². The number of aliphatic hydroxyl groups excluding tert-OH is 1. The topological polar surface area (TPSA) is 29.5 Å². The fourth-order valence-electron chi connectivity index (χ4n) is 0.186. The highest BCUT2D eigenvalue weighted by Gasteiger charge is 1.88. The molecule has 0 heterocycles. The van der Waals surface area contributed by atoms with Crippen molar-refractivity contribution in [1.82, 2.24) is 0 Å². The summed E-state index contributed by atoms with van der Waals surface area (Å²) in [6.45, 7) is 5.02. The maximum absolute atomic E-state index is 8.10. The van der Waals surface area contributed by atoms with Gasteiger partial charge >= 0.3 is 0 Å². The molecule has 0 spiro atoms. The first kappa shape index (κ1) is 6.66. The summed E-state index contributed by atoms with van der Waals surface area (Å²) in [4.78, 5) is 0. The summed E-state index contributed by atoms with van der Waals surface area (Å²) in [5.41, 5.74) is 0. The number of aliphatic hydroxyl groups is 1. The summed E-state index contributed by atoms with van der Waals surface area (Å²) in [6.07, 6.45) is 1.58. The molecule has 1 N–H and O–H groups in total. The summed E-state index contributed by atoms with van der Waals surface area (Å²) in [5, 5.41) is 8.10. The largest absolute Gasteiger partial charge is 0.371 e. The van der Waals surface area contributed by atoms with Gasteiger partial charge in [0.25, 0.3) is 0 Å². The standard InChI is InChI=1S/C5H10O2/c1-3-5(2)7-4-6/h3,5-6H,1,4H2,2H3. The zero-order valence-corrected chi connectivity index (χ0v) is 4.42. The van der Waals surface area contributed by atoms with E-state index in [0.29, 0.717) is 0 Å². The van der Waals surface area contributed by atoms with Crippen LogP contribution in [0.5, 0.6) is 0 Å². The second kappa shape index (κ2) is 3.84. The van der Waals surface area contributed by atoms with E-state index >= 15 is 0 Å². The molecule has 0 aliphatic carbocycles. The second-order valence-corrected chi connectivity index (χ2v) is 1.24. The Bertz CT molecular complexity index is 52.0. The van der Waals surface area contributed by atoms with E-state index in [-0.39, 0.29) is 12.9 Å². The molecule has 0 aromatic carbocycles. The second-order valence-electron chi connectivity index (χ2n) is 1.24. The van der Waals surface area contributed by atoms with Crippen molar-refractivity contribution in [2.75, 3.05) is 6.79 Å². The molecule has 0 radical (unpaired) electrons. The van der Waals surface area contributed by atoms with Gasteiger partial charge in [0.2, 0.25) is 0 Å². The van der Waals surface area contributed by atoms with Crippen molar-refractivity contribution in [3.8, 4) is 0 Å². The number of hydrogen-bond donors (Lipinski definition) is 1. The molecule has 2 nitrogen and oxygen atoms in total. The molecular formula is C5H10O2. The molecule has 0 saturated heterocycles. The zero-order valence-electron chi connectivity index (χ0n) is 4.42. The lowest BCUT2D eigenvalue weighted by Crippen LogP contribution is -2.03. The molecule has 0 amide bonds. The molecule has 0 saturated carbocycles. The number of rotatable bonds is 3. The van der Waals surface area contributed by atoms with Crippen molar-refractivity contribution < 1.29 is 9.84 Å². The van der Waals surface area contributed by atoms with Crippen molar-refractivity contribution in [3.05, 3.63) is 12.7 Å². The Morgan fingerprint density at radius 1 is 2.00 bits per heavy atom. The van der Waals surface area contributed by atoms with Gasteiger partial charge in [-0.3, -0.25) is 0 Å². The van der Waals surface area contributed by atoms with Crippen LogP contribution in [0.15, 0.2) is 12.7 Å². The van der Waals surface area contributed by atoms with Gasteiger partial charge in [-0.2, -0.15) is 0 Å². The third kappa shape index (κ3) is 3.49. The van der Waals surface area contributed by atoms with Crippen LogP contribution in [0.4, 0.5) is 0 Å². The average molecular weight is 102 g/mol. The summed E-state index contributed by atoms with van der Waals surface area (Å²) in [7, 11) is 0. The first-order chi connectivity index (χ1) is 3.31. The summed E-state index contributed by atoms with van der Waals surface area (Å²) < 4.78 is 4.63. The molecule has 7 heavy (non-hydrogen) atoms. The van der Waals surface area contributed by atoms with E-state index in [1.165, 1.54) is 0 Å². The smallest absolute Gasteiger partial charge is 0.144 e. The van der Waals surface area contributed by atoms with Crippen molar-refractivity contribution in [3.63, 3.8) is 0 Å². The van der Waals surface area contributed by atoms with Crippen LogP contribution in [-0.2, 0) is 4.74 Å². The van der Waals surface area contributed by atoms with Gasteiger partial charge in [-0.15, -0.1) is 6.58 Å². The van der Waals surface area contributed by atoms with E-state index in [1.54, 1.807) is 6.08 Å². The van der Waals surface area contributed by atoms with Crippen LogP contribution >= 0.6 is 0 Å². The van der Waals surface area contributed by atoms with E-state index < -0.39 is 0 Å². The van der Waals surface area contributed by atoms with Crippen LogP contribution in [0.25, 0.3) is 0 Å². The molecule has 2 heteroatoms. The van der Waals surface area contributed by atoms with Gasteiger partial charge < -0.3 is 9.84 Å². The van der Waals surface area contributed by atoms with Crippen LogP contribution in [0, 0.1) is 0 Å². The highest BCUT2D eigenvalue weighted by Crippen LogP contribution is 1.86. The van der Waals surface area contributed by atoms with Crippen molar-refractivity contribution in [2.45, 2.75) is 13.0 Å². The molecule has 0 aromatic heterocycles. The lowest BCUT2D eigenvalue weighted by molar-refractivity contribution is -0.0236. The fraction of sp³-hybridized carbons (Fsp3) is 0.600. The van der Waals surface area contributed by atoms with Crippen LogP contribution in [0.3, 0.4) is 0 Å². The normalized spacial score (nSPS) is 13.4. The predicted octanol–water partition coefficient (Wildman–Crippen LogP) is 0.527. The third-order valence-electron chi connectivity index (χ3n) is 0.669. The Hall–Kier alpha value is -0.340. The first-order valence-electron chi connectivity index (χ1n) is 2.16. The number of hydrogen-bond acceptors (Lipinski definition) is 2. The van der Waals surface area contributed by atoms with Gasteiger partial charge in [0.1, 0.15) is 6.79 Å². The molecule has 42 valence electrons. The van der Waals surface area contributed by atoms with Crippen LogP contribution in [0.1, 0.15) is 6.92 Å². The maximum atomic E-state index is 8.10. The number of ether oxygens (including phenoxy) is 1. The quantitative estimate of drug-likeness (QED) is 0.416. The molecular weight excluding hydrogens is 92.1 g/mol. The van der Waals surface area contributed by atoms with Crippen molar-refractivity contribution in [2.24, 2.45) is 0 Å². The Labute approximate surface area is 43.4 Å². The Morgan fingerprint density at radius 2 is 2.57 bits per heavy atom. The van der Waals surface area contributed by atoms with Crippen molar-refractivity contribution >= 4 is 0 Å². The monoisotopic (exact) mass is 102 g/mol. The van der Waals surface area contributed by atoms with Gasteiger partial charge in [0.05, 0.1) is 6.10 Å². The minimum atomic E-state index is -0.229. The molecule has 0 fully saturated rings. The molecule has 1 unspecified atom stereocenters. The Morgan fingerprint density at radius 3 is 2.71 bits per heavy atom. The van der Waals surface area contributed by atoms with Gasteiger partial charge in [-0.1, -0.05) is 6.08 Å². The molecule has 0 aromatic rings. The zero-order chi connectivity index (χ0) is 5.70. The highest BCUT2D eigenvalue weighted by molar-refractivity contribution is 4.74. The Balaban J connectivity index is 2.98. The molecule has 0 rings (SSSR count). The molecule has 0 aliphatic heterocycles. The first-order valence-corrected chi connectivity index (χ1v) is 2.16. The lowest BCUT2D eigenvalue weighted by atomic mass is 10.4. The average Bonchev–Trinajstić information content (AvgIpc) is 1.68. The summed E-state index contributed by atoms with van der Waals surface area (Å²) >= 11 is 0. The third-order valence-corrected chi connectivity index (χ3v) is 0.669. The van der Waals surface area contributed by atoms with Gasteiger partial charge in [-0.25, -0.2) is 0 Å². The highest BCUT2D eigenvalue weighted by atomic mass is 16.6. The van der Waals surface area contributed by atoms with Crippen molar-refractivity contribution in [1.29, 1.82) is 0 Å². The lowest BCUT2D eigenvalue weighted by Gasteiger charge is -2.01. The van der Waals surface area contributed by atoms with E-state index in [4.69, 9.17) is 5.11 Å². The minimum Gasteiger partial charge on any atom is -0.371 e. The van der Waals surface area contributed by atoms with E-state index in [9.17, 15) is 0 Å².